The van der Waals surface area contributed by atoms with Gasteiger partial charge in [0.25, 0.3) is 0 Å². The van der Waals surface area contributed by atoms with Crippen molar-refractivity contribution in [1.82, 2.24) is 5.32 Å². The van der Waals surface area contributed by atoms with E-state index in [4.69, 9.17) is 0 Å². The summed E-state index contributed by atoms with van der Waals surface area (Å²) in [5.74, 6) is 2.24. The molecule has 0 saturated carbocycles. The van der Waals surface area contributed by atoms with Gasteiger partial charge < -0.3 is 5.32 Å². The van der Waals surface area contributed by atoms with Gasteiger partial charge in [0.15, 0.2) is 0 Å². The van der Waals surface area contributed by atoms with Gasteiger partial charge in [-0.15, -0.1) is 11.8 Å². The van der Waals surface area contributed by atoms with Crippen LogP contribution >= 0.6 is 11.8 Å². The molecular weight excluding hydrogens is 245 g/mol. The Morgan fingerprint density at radius 1 is 1.17 bits per heavy atom. The van der Waals surface area contributed by atoms with E-state index in [0.29, 0.717) is 12.0 Å². The molecule has 1 N–H and O–H groups in total. The van der Waals surface area contributed by atoms with Crippen molar-refractivity contribution in [2.24, 2.45) is 11.8 Å². The SMILES string of the molecule is CNC(CSc1ccc(F)cc1)C(C)CC(C)C. The quantitative estimate of drug-likeness (QED) is 0.745. The highest BCUT2D eigenvalue weighted by Gasteiger charge is 2.16. The Kier molecular flexibility index (Phi) is 6.72. The van der Waals surface area contributed by atoms with Crippen LogP contribution in [0.5, 0.6) is 0 Å². The van der Waals surface area contributed by atoms with E-state index in [2.05, 4.69) is 26.1 Å². The van der Waals surface area contributed by atoms with Crippen LogP contribution in [0.3, 0.4) is 0 Å². The number of thioether (sulfide) groups is 1. The molecule has 1 aromatic carbocycles. The fourth-order valence-electron chi connectivity index (χ4n) is 2.16. The molecular formula is C15H24FNS. The molecule has 0 aromatic heterocycles. The summed E-state index contributed by atoms with van der Waals surface area (Å²) in [6, 6.07) is 7.24. The molecule has 102 valence electrons. The first-order valence-electron chi connectivity index (χ1n) is 6.58. The summed E-state index contributed by atoms with van der Waals surface area (Å²) in [6.45, 7) is 6.82. The minimum absolute atomic E-state index is 0.169. The van der Waals surface area contributed by atoms with Gasteiger partial charge in [-0.05, 0) is 49.6 Å². The van der Waals surface area contributed by atoms with E-state index in [1.807, 2.05) is 19.2 Å². The van der Waals surface area contributed by atoms with Crippen LogP contribution in [0.25, 0.3) is 0 Å². The maximum atomic E-state index is 12.8. The third-order valence-electron chi connectivity index (χ3n) is 3.14. The second-order valence-electron chi connectivity index (χ2n) is 5.27. The second-order valence-corrected chi connectivity index (χ2v) is 6.36. The summed E-state index contributed by atoms with van der Waals surface area (Å²) in [6.07, 6.45) is 1.23. The molecule has 2 unspecified atom stereocenters. The normalized spacial score (nSPS) is 14.8. The highest BCUT2D eigenvalue weighted by atomic mass is 32.2. The van der Waals surface area contributed by atoms with E-state index < -0.39 is 0 Å². The molecule has 1 rings (SSSR count). The molecule has 2 atom stereocenters. The predicted molar refractivity (Wildman–Crippen MR) is 78.6 cm³/mol. The molecule has 0 saturated heterocycles. The lowest BCUT2D eigenvalue weighted by atomic mass is 9.93. The van der Waals surface area contributed by atoms with Crippen molar-refractivity contribution < 1.29 is 4.39 Å². The fraction of sp³-hybridized carbons (Fsp3) is 0.600. The maximum absolute atomic E-state index is 12.8. The molecule has 0 heterocycles. The van der Waals surface area contributed by atoms with Crippen molar-refractivity contribution in [3.63, 3.8) is 0 Å². The van der Waals surface area contributed by atoms with Gasteiger partial charge in [-0.25, -0.2) is 4.39 Å². The minimum Gasteiger partial charge on any atom is -0.316 e. The zero-order chi connectivity index (χ0) is 13.5. The van der Waals surface area contributed by atoms with Gasteiger partial charge in [0, 0.05) is 16.7 Å². The van der Waals surface area contributed by atoms with Crippen LogP contribution in [-0.4, -0.2) is 18.8 Å². The van der Waals surface area contributed by atoms with Crippen LogP contribution in [0, 0.1) is 17.7 Å². The molecule has 0 fully saturated rings. The highest BCUT2D eigenvalue weighted by Crippen LogP contribution is 2.23. The standard InChI is InChI=1S/C15H24FNS/c1-11(2)9-12(3)15(17-4)10-18-14-7-5-13(16)6-8-14/h5-8,11-12,15,17H,9-10H2,1-4H3. The summed E-state index contributed by atoms with van der Waals surface area (Å²) in [4.78, 5) is 1.13. The third kappa shape index (κ3) is 5.40. The van der Waals surface area contributed by atoms with E-state index >= 15 is 0 Å². The average Bonchev–Trinajstić information content (AvgIpc) is 2.31. The van der Waals surface area contributed by atoms with E-state index in [1.54, 1.807) is 11.8 Å². The minimum atomic E-state index is -0.169. The summed E-state index contributed by atoms with van der Waals surface area (Å²) >= 11 is 1.79. The molecule has 0 aliphatic heterocycles. The lowest BCUT2D eigenvalue weighted by Gasteiger charge is -2.24. The van der Waals surface area contributed by atoms with Crippen LogP contribution in [0.1, 0.15) is 27.2 Å². The summed E-state index contributed by atoms with van der Waals surface area (Å²) < 4.78 is 12.8. The Bertz CT molecular complexity index is 337. The number of hydrogen-bond acceptors (Lipinski definition) is 2. The first-order valence-corrected chi connectivity index (χ1v) is 7.57. The largest absolute Gasteiger partial charge is 0.316 e. The lowest BCUT2D eigenvalue weighted by Crippen LogP contribution is -2.35. The fourth-order valence-corrected chi connectivity index (χ4v) is 3.35. The zero-order valence-corrected chi connectivity index (χ0v) is 12.6. The Labute approximate surface area is 115 Å². The van der Waals surface area contributed by atoms with Gasteiger partial charge in [0.05, 0.1) is 0 Å². The van der Waals surface area contributed by atoms with Crippen molar-refractivity contribution in [3.8, 4) is 0 Å². The number of benzene rings is 1. The molecule has 1 nitrogen and oxygen atoms in total. The van der Waals surface area contributed by atoms with Gasteiger partial charge in [-0.1, -0.05) is 20.8 Å². The third-order valence-corrected chi connectivity index (χ3v) is 4.28. The van der Waals surface area contributed by atoms with Gasteiger partial charge >= 0.3 is 0 Å². The Morgan fingerprint density at radius 2 is 1.78 bits per heavy atom. The molecule has 0 amide bonds. The summed E-state index contributed by atoms with van der Waals surface area (Å²) in [7, 11) is 2.02. The Morgan fingerprint density at radius 3 is 2.28 bits per heavy atom. The molecule has 18 heavy (non-hydrogen) atoms. The summed E-state index contributed by atoms with van der Waals surface area (Å²) in [5.41, 5.74) is 0. The monoisotopic (exact) mass is 269 g/mol. The predicted octanol–water partition coefficient (Wildman–Crippen LogP) is 4.19. The van der Waals surface area contributed by atoms with Crippen LogP contribution < -0.4 is 5.32 Å². The van der Waals surface area contributed by atoms with Crippen LogP contribution in [0.4, 0.5) is 4.39 Å². The van der Waals surface area contributed by atoms with Gasteiger partial charge in [-0.3, -0.25) is 0 Å². The van der Waals surface area contributed by atoms with Crippen molar-refractivity contribution in [2.45, 2.75) is 38.1 Å². The molecule has 0 aliphatic carbocycles. The molecule has 0 spiro atoms. The van der Waals surface area contributed by atoms with Gasteiger partial charge in [-0.2, -0.15) is 0 Å². The van der Waals surface area contributed by atoms with E-state index in [0.717, 1.165) is 16.6 Å². The molecule has 0 bridgehead atoms. The molecule has 0 aliphatic rings. The lowest BCUT2D eigenvalue weighted by molar-refractivity contribution is 0.358. The molecule has 3 heteroatoms. The average molecular weight is 269 g/mol. The number of hydrogen-bond donors (Lipinski definition) is 1. The topological polar surface area (TPSA) is 12.0 Å². The van der Waals surface area contributed by atoms with E-state index in [9.17, 15) is 4.39 Å². The number of rotatable bonds is 7. The van der Waals surface area contributed by atoms with E-state index in [1.165, 1.54) is 18.6 Å². The zero-order valence-electron chi connectivity index (χ0n) is 11.7. The number of halogens is 1. The van der Waals surface area contributed by atoms with E-state index in [-0.39, 0.29) is 5.82 Å². The van der Waals surface area contributed by atoms with Gasteiger partial charge in [0.2, 0.25) is 0 Å². The second kappa shape index (κ2) is 7.80. The maximum Gasteiger partial charge on any atom is 0.123 e. The van der Waals surface area contributed by atoms with Crippen molar-refractivity contribution in [2.75, 3.05) is 12.8 Å². The van der Waals surface area contributed by atoms with Crippen LogP contribution in [-0.2, 0) is 0 Å². The van der Waals surface area contributed by atoms with Crippen molar-refractivity contribution >= 4 is 11.8 Å². The first-order chi connectivity index (χ1) is 8.52. The highest BCUT2D eigenvalue weighted by molar-refractivity contribution is 7.99. The number of nitrogens with one attached hydrogen (secondary N) is 1. The van der Waals surface area contributed by atoms with Crippen LogP contribution in [0.15, 0.2) is 29.2 Å². The van der Waals surface area contributed by atoms with Crippen molar-refractivity contribution in [3.05, 3.63) is 30.1 Å². The molecule has 0 radical (unpaired) electrons. The molecule has 1 aromatic rings. The van der Waals surface area contributed by atoms with Crippen LogP contribution in [0.2, 0.25) is 0 Å². The smallest absolute Gasteiger partial charge is 0.123 e. The Balaban J connectivity index is 2.46. The van der Waals surface area contributed by atoms with Crippen molar-refractivity contribution in [1.29, 1.82) is 0 Å². The summed E-state index contributed by atoms with van der Waals surface area (Å²) in [5, 5.41) is 3.39. The first kappa shape index (κ1) is 15.5. The Hall–Kier alpha value is -0.540. The van der Waals surface area contributed by atoms with Gasteiger partial charge in [0.1, 0.15) is 5.82 Å².